The Morgan fingerprint density at radius 3 is 2.42 bits per heavy atom. The molecule has 3 aromatic rings. The minimum atomic E-state index is -3.67. The van der Waals surface area contributed by atoms with E-state index in [1.54, 1.807) is 30.3 Å². The molecule has 3 rings (SSSR count). The zero-order valence-electron chi connectivity index (χ0n) is 16.0. The fourth-order valence-corrected chi connectivity index (χ4v) is 3.09. The number of hydrogen-bond acceptors (Lipinski definition) is 8. The number of thiazole rings is 1. The number of aliphatic imine (C=N–C) groups is 1. The van der Waals surface area contributed by atoms with Crippen LogP contribution < -0.4 is 16.8 Å². The predicted molar refractivity (Wildman–Crippen MR) is 118 cm³/mol. The van der Waals surface area contributed by atoms with Gasteiger partial charge in [0.25, 0.3) is 21.7 Å². The van der Waals surface area contributed by atoms with Crippen molar-refractivity contribution in [1.29, 1.82) is 0 Å². The van der Waals surface area contributed by atoms with Crippen LogP contribution in [0, 0.1) is 10.1 Å². The average molecular weight is 467 g/mol. The number of nitro groups is 1. The predicted octanol–water partition coefficient (Wildman–Crippen LogP) is 1.73. The first-order valence-electron chi connectivity index (χ1n) is 8.35. The van der Waals surface area contributed by atoms with Crippen molar-refractivity contribution in [3.63, 3.8) is 0 Å². The zero-order valence-corrected chi connectivity index (χ0v) is 17.7. The van der Waals surface area contributed by atoms with Gasteiger partial charge in [-0.05, 0) is 23.8 Å². The van der Waals surface area contributed by atoms with Gasteiger partial charge in [0.15, 0.2) is 11.1 Å². The minimum Gasteiger partial charge on any atom is -0.370 e. The molecule has 0 radical (unpaired) electrons. The molecule has 0 bridgehead atoms. The highest BCUT2D eigenvalue weighted by atomic mass is 32.2. The number of amides is 1. The summed E-state index contributed by atoms with van der Waals surface area (Å²) < 4.78 is 26.5. The fraction of sp³-hybridized carbons (Fsp3) is 0.118. The second-order valence-electron chi connectivity index (χ2n) is 6.05. The standard InChI is InChI=1S/C16H14N6O3S.CH4O3S/c17-15(18)19-8-9-1-3-10(4-2-9)14(23)21-16-20-12-6-5-11(22(24)25)7-13(12)26-16;1-5(2,3)4/h1-7H,8H2,(H4,17,18,19)(H,20,21,23);1H3,(H,2,3,4). The molecule has 0 fully saturated rings. The van der Waals surface area contributed by atoms with Crippen LogP contribution in [0.15, 0.2) is 47.5 Å². The highest BCUT2D eigenvalue weighted by Crippen LogP contribution is 2.29. The first kappa shape index (κ1) is 23.7. The van der Waals surface area contributed by atoms with Crippen molar-refractivity contribution in [2.45, 2.75) is 6.54 Å². The second-order valence-corrected chi connectivity index (χ2v) is 8.55. The van der Waals surface area contributed by atoms with Crippen molar-refractivity contribution in [3.05, 3.63) is 63.7 Å². The van der Waals surface area contributed by atoms with Crippen LogP contribution in [0.25, 0.3) is 10.2 Å². The van der Waals surface area contributed by atoms with Crippen molar-refractivity contribution in [3.8, 4) is 0 Å². The van der Waals surface area contributed by atoms with E-state index in [9.17, 15) is 23.3 Å². The lowest BCUT2D eigenvalue weighted by Gasteiger charge is -2.03. The third-order valence-electron chi connectivity index (χ3n) is 3.46. The second kappa shape index (κ2) is 9.92. The summed E-state index contributed by atoms with van der Waals surface area (Å²) in [5.41, 5.74) is 12.4. The molecule has 1 amide bonds. The van der Waals surface area contributed by atoms with Gasteiger partial charge in [-0.15, -0.1) is 0 Å². The lowest BCUT2D eigenvalue weighted by atomic mass is 10.1. The van der Waals surface area contributed by atoms with Crippen LogP contribution in [0.4, 0.5) is 10.8 Å². The maximum atomic E-state index is 12.3. The number of fused-ring (bicyclic) bond motifs is 1. The van der Waals surface area contributed by atoms with E-state index < -0.39 is 15.0 Å². The molecule has 0 spiro atoms. The molecule has 0 saturated carbocycles. The number of nitro benzene ring substituents is 1. The molecule has 0 aliphatic carbocycles. The van der Waals surface area contributed by atoms with Gasteiger partial charge in [0.1, 0.15) is 0 Å². The maximum Gasteiger partial charge on any atom is 0.270 e. The maximum absolute atomic E-state index is 12.3. The van der Waals surface area contributed by atoms with Crippen LogP contribution in [0.5, 0.6) is 0 Å². The van der Waals surface area contributed by atoms with Crippen molar-refractivity contribution < 1.29 is 22.7 Å². The highest BCUT2D eigenvalue weighted by molar-refractivity contribution is 7.85. The third kappa shape index (κ3) is 7.96. The lowest BCUT2D eigenvalue weighted by molar-refractivity contribution is -0.384. The normalized spacial score (nSPS) is 10.6. The minimum absolute atomic E-state index is 0.00268. The Hall–Kier alpha value is -3.62. The van der Waals surface area contributed by atoms with Gasteiger partial charge in [0, 0.05) is 17.7 Å². The Morgan fingerprint density at radius 2 is 1.87 bits per heavy atom. The van der Waals surface area contributed by atoms with Crippen LogP contribution in [0.3, 0.4) is 0 Å². The summed E-state index contributed by atoms with van der Waals surface area (Å²) in [5.74, 6) is -0.324. The number of anilines is 1. The van der Waals surface area contributed by atoms with Gasteiger partial charge in [-0.3, -0.25) is 24.8 Å². The molecule has 1 heterocycles. The van der Waals surface area contributed by atoms with Gasteiger partial charge in [-0.25, -0.2) is 9.98 Å². The number of rotatable bonds is 5. The number of carbonyl (C=O) groups excluding carboxylic acids is 1. The number of nitrogens with one attached hydrogen (secondary N) is 1. The van der Waals surface area contributed by atoms with E-state index in [4.69, 9.17) is 16.0 Å². The SMILES string of the molecule is CS(=O)(=O)O.NC(N)=NCc1ccc(C(=O)Nc2nc3ccc([N+](=O)[O-])cc3s2)cc1. The van der Waals surface area contributed by atoms with E-state index in [2.05, 4.69) is 15.3 Å². The molecular weight excluding hydrogens is 448 g/mol. The quantitative estimate of drug-likeness (QED) is 0.142. The summed E-state index contributed by atoms with van der Waals surface area (Å²) in [6, 6.07) is 11.2. The van der Waals surface area contributed by atoms with Gasteiger partial charge >= 0.3 is 0 Å². The number of hydrogen-bond donors (Lipinski definition) is 4. The summed E-state index contributed by atoms with van der Waals surface area (Å²) in [7, 11) is -3.67. The summed E-state index contributed by atoms with van der Waals surface area (Å²) >= 11 is 1.17. The lowest BCUT2D eigenvalue weighted by Crippen LogP contribution is -2.22. The molecule has 0 unspecified atom stereocenters. The van der Waals surface area contributed by atoms with Gasteiger partial charge < -0.3 is 11.5 Å². The largest absolute Gasteiger partial charge is 0.370 e. The molecule has 0 aliphatic rings. The zero-order chi connectivity index (χ0) is 23.2. The topological polar surface area (TPSA) is 204 Å². The first-order valence-corrected chi connectivity index (χ1v) is 11.0. The van der Waals surface area contributed by atoms with Crippen LogP contribution >= 0.6 is 11.3 Å². The number of benzene rings is 2. The molecule has 6 N–H and O–H groups in total. The van der Waals surface area contributed by atoms with Gasteiger partial charge in [-0.2, -0.15) is 8.42 Å². The van der Waals surface area contributed by atoms with Crippen molar-refractivity contribution in [2.24, 2.45) is 16.5 Å². The Labute approximate surface area is 180 Å². The Kier molecular flexibility index (Phi) is 7.57. The molecule has 1 aromatic heterocycles. The highest BCUT2D eigenvalue weighted by Gasteiger charge is 2.13. The van der Waals surface area contributed by atoms with Crippen molar-refractivity contribution >= 4 is 54.4 Å². The van der Waals surface area contributed by atoms with Gasteiger partial charge in [0.2, 0.25) is 0 Å². The average Bonchev–Trinajstić information content (AvgIpc) is 3.06. The molecule has 0 aliphatic heterocycles. The first-order chi connectivity index (χ1) is 14.4. The van der Waals surface area contributed by atoms with Crippen molar-refractivity contribution in [1.82, 2.24) is 4.98 Å². The summed E-state index contributed by atoms with van der Waals surface area (Å²) in [6.07, 6.45) is 0.715. The Morgan fingerprint density at radius 1 is 1.26 bits per heavy atom. The Bertz CT molecular complexity index is 1230. The molecule has 0 atom stereocenters. The summed E-state index contributed by atoms with van der Waals surface area (Å²) in [5, 5.41) is 13.9. The van der Waals surface area contributed by atoms with E-state index in [-0.39, 0.29) is 17.6 Å². The van der Waals surface area contributed by atoms with E-state index in [0.29, 0.717) is 33.7 Å². The molecular formula is C17H18N6O6S2. The van der Waals surface area contributed by atoms with Crippen LogP contribution in [0.2, 0.25) is 0 Å². The molecule has 12 nitrogen and oxygen atoms in total. The van der Waals surface area contributed by atoms with Crippen molar-refractivity contribution in [2.75, 3.05) is 11.6 Å². The van der Waals surface area contributed by atoms with Crippen LogP contribution in [-0.4, -0.2) is 41.0 Å². The monoisotopic (exact) mass is 466 g/mol. The van der Waals surface area contributed by atoms with Crippen LogP contribution in [-0.2, 0) is 16.7 Å². The summed E-state index contributed by atoms with van der Waals surface area (Å²) in [6.45, 7) is 0.334. The van der Waals surface area contributed by atoms with Gasteiger partial charge in [0.05, 0.1) is 27.9 Å². The number of aromatic nitrogens is 1. The van der Waals surface area contributed by atoms with Crippen LogP contribution in [0.1, 0.15) is 15.9 Å². The Balaban J connectivity index is 0.000000614. The van der Waals surface area contributed by atoms with E-state index >= 15 is 0 Å². The molecule has 14 heteroatoms. The molecule has 0 saturated heterocycles. The van der Waals surface area contributed by atoms with E-state index in [0.717, 1.165) is 5.56 Å². The number of nitrogens with zero attached hydrogens (tertiary/aromatic N) is 3. The van der Waals surface area contributed by atoms with E-state index in [1.165, 1.54) is 23.5 Å². The van der Waals surface area contributed by atoms with Gasteiger partial charge in [-0.1, -0.05) is 23.5 Å². The fourth-order valence-electron chi connectivity index (χ4n) is 2.19. The smallest absolute Gasteiger partial charge is 0.270 e. The number of non-ortho nitro benzene ring substituents is 1. The summed E-state index contributed by atoms with van der Waals surface area (Å²) in [4.78, 5) is 30.8. The number of guanidine groups is 1. The number of nitrogens with two attached hydrogens (primary N) is 2. The molecule has 164 valence electrons. The van der Waals surface area contributed by atoms with E-state index in [1.807, 2.05) is 0 Å². The molecule has 31 heavy (non-hydrogen) atoms. The third-order valence-corrected chi connectivity index (χ3v) is 4.40. The molecule has 2 aromatic carbocycles. The number of carbonyl (C=O) groups is 1.